The normalized spacial score (nSPS) is 10.6. The third-order valence-corrected chi connectivity index (χ3v) is 4.21. The predicted molar refractivity (Wildman–Crippen MR) is 103 cm³/mol. The lowest BCUT2D eigenvalue weighted by Crippen LogP contribution is -2.22. The number of hydrogen-bond donors (Lipinski definition) is 1. The van der Waals surface area contributed by atoms with E-state index in [1.165, 1.54) is 12.1 Å². The maximum atomic E-state index is 12.9. The van der Waals surface area contributed by atoms with Crippen LogP contribution < -0.4 is 5.32 Å². The predicted octanol–water partition coefficient (Wildman–Crippen LogP) is 4.47. The number of carbonyl (C=O) groups excluding carboxylic acids is 1. The van der Waals surface area contributed by atoms with Crippen molar-refractivity contribution >= 4 is 5.91 Å². The fourth-order valence-electron chi connectivity index (χ4n) is 2.69. The zero-order valence-electron chi connectivity index (χ0n) is 14.8. The van der Waals surface area contributed by atoms with Crippen molar-refractivity contribution in [2.75, 3.05) is 0 Å². The van der Waals surface area contributed by atoms with Crippen molar-refractivity contribution in [3.63, 3.8) is 0 Å². The summed E-state index contributed by atoms with van der Waals surface area (Å²) < 4.78 is 18.6. The SMILES string of the molecule is O=C(NCc1ccc(F)cc1)c1ccc(-c2nnc(-c3ccccc3)o2)cc1. The maximum Gasteiger partial charge on any atom is 0.251 e. The second-order valence-electron chi connectivity index (χ2n) is 6.16. The molecule has 0 saturated heterocycles. The molecule has 5 nitrogen and oxygen atoms in total. The lowest BCUT2D eigenvalue weighted by atomic mass is 10.1. The molecule has 1 N–H and O–H groups in total. The van der Waals surface area contributed by atoms with Crippen LogP contribution in [0.15, 0.2) is 83.3 Å². The number of rotatable bonds is 5. The summed E-state index contributed by atoms with van der Waals surface area (Å²) in [7, 11) is 0. The van der Waals surface area contributed by atoms with E-state index in [2.05, 4.69) is 15.5 Å². The molecule has 3 aromatic carbocycles. The highest BCUT2D eigenvalue weighted by Gasteiger charge is 2.11. The van der Waals surface area contributed by atoms with Crippen LogP contribution in [0.25, 0.3) is 22.9 Å². The van der Waals surface area contributed by atoms with Gasteiger partial charge >= 0.3 is 0 Å². The topological polar surface area (TPSA) is 68.0 Å². The summed E-state index contributed by atoms with van der Waals surface area (Å²) in [5.74, 6) is 0.308. The zero-order valence-corrected chi connectivity index (χ0v) is 14.8. The van der Waals surface area contributed by atoms with E-state index in [9.17, 15) is 9.18 Å². The zero-order chi connectivity index (χ0) is 19.3. The summed E-state index contributed by atoms with van der Waals surface area (Å²) in [6.45, 7) is 0.324. The molecule has 0 fully saturated rings. The van der Waals surface area contributed by atoms with E-state index in [1.54, 1.807) is 36.4 Å². The minimum Gasteiger partial charge on any atom is -0.416 e. The van der Waals surface area contributed by atoms with Crippen LogP contribution in [0.1, 0.15) is 15.9 Å². The van der Waals surface area contributed by atoms with E-state index in [0.29, 0.717) is 23.9 Å². The summed E-state index contributed by atoms with van der Waals surface area (Å²) in [4.78, 5) is 12.3. The highest BCUT2D eigenvalue weighted by Crippen LogP contribution is 2.23. The quantitative estimate of drug-likeness (QED) is 0.560. The highest BCUT2D eigenvalue weighted by atomic mass is 19.1. The Morgan fingerprint density at radius 1 is 0.821 bits per heavy atom. The van der Waals surface area contributed by atoms with Gasteiger partial charge in [0.1, 0.15) is 5.82 Å². The van der Waals surface area contributed by atoms with E-state index in [0.717, 1.165) is 16.7 Å². The van der Waals surface area contributed by atoms with Gasteiger partial charge in [0, 0.05) is 23.2 Å². The molecule has 28 heavy (non-hydrogen) atoms. The molecule has 0 aliphatic rings. The highest BCUT2D eigenvalue weighted by molar-refractivity contribution is 5.94. The summed E-state index contributed by atoms with van der Waals surface area (Å²) in [5, 5.41) is 10.9. The van der Waals surface area contributed by atoms with Crippen LogP contribution in [-0.4, -0.2) is 16.1 Å². The standard InChI is InChI=1S/C22H16FN3O2/c23-19-12-6-15(7-13-19)14-24-20(27)16-8-10-18(11-9-16)22-26-25-21(28-22)17-4-2-1-3-5-17/h1-13H,14H2,(H,24,27). The molecule has 1 amide bonds. The third kappa shape index (κ3) is 3.96. The van der Waals surface area contributed by atoms with Gasteiger partial charge in [0.25, 0.3) is 5.91 Å². The fourth-order valence-corrected chi connectivity index (χ4v) is 2.69. The van der Waals surface area contributed by atoms with Gasteiger partial charge in [0.2, 0.25) is 11.8 Å². The number of hydrogen-bond acceptors (Lipinski definition) is 4. The molecule has 0 aliphatic carbocycles. The summed E-state index contributed by atoms with van der Waals surface area (Å²) >= 11 is 0. The first-order valence-electron chi connectivity index (χ1n) is 8.71. The molecule has 4 rings (SSSR count). The molecule has 0 aliphatic heterocycles. The second-order valence-corrected chi connectivity index (χ2v) is 6.16. The Labute approximate surface area is 160 Å². The Bertz CT molecular complexity index is 1070. The van der Waals surface area contributed by atoms with Crippen LogP contribution in [0.2, 0.25) is 0 Å². The minimum absolute atomic E-state index is 0.216. The number of halogens is 1. The molecule has 0 atom stereocenters. The van der Waals surface area contributed by atoms with Gasteiger partial charge in [-0.3, -0.25) is 4.79 Å². The van der Waals surface area contributed by atoms with Gasteiger partial charge in [-0.25, -0.2) is 4.39 Å². The maximum absolute atomic E-state index is 12.9. The number of carbonyl (C=O) groups is 1. The van der Waals surface area contributed by atoms with Gasteiger partial charge < -0.3 is 9.73 Å². The molecule has 0 spiro atoms. The third-order valence-electron chi connectivity index (χ3n) is 4.21. The van der Waals surface area contributed by atoms with Gasteiger partial charge in [0.15, 0.2) is 0 Å². The molecule has 4 aromatic rings. The lowest BCUT2D eigenvalue weighted by molar-refractivity contribution is 0.0951. The number of benzene rings is 3. The van der Waals surface area contributed by atoms with Crippen molar-refractivity contribution in [2.45, 2.75) is 6.54 Å². The van der Waals surface area contributed by atoms with Gasteiger partial charge in [-0.15, -0.1) is 10.2 Å². The molecule has 0 bridgehead atoms. The van der Waals surface area contributed by atoms with Crippen LogP contribution in [0, 0.1) is 5.82 Å². The molecule has 0 saturated carbocycles. The van der Waals surface area contributed by atoms with E-state index in [-0.39, 0.29) is 11.7 Å². The summed E-state index contributed by atoms with van der Waals surface area (Å²) in [6.07, 6.45) is 0. The van der Waals surface area contributed by atoms with Crippen molar-refractivity contribution in [3.05, 3.63) is 95.8 Å². The molecule has 138 valence electrons. The largest absolute Gasteiger partial charge is 0.416 e. The van der Waals surface area contributed by atoms with Gasteiger partial charge in [-0.1, -0.05) is 30.3 Å². The molecule has 0 unspecified atom stereocenters. The second kappa shape index (κ2) is 7.84. The first-order chi connectivity index (χ1) is 13.7. The molecule has 1 heterocycles. The number of nitrogens with one attached hydrogen (secondary N) is 1. The van der Waals surface area contributed by atoms with Crippen LogP contribution in [-0.2, 0) is 6.54 Å². The number of nitrogens with zero attached hydrogens (tertiary/aromatic N) is 2. The average molecular weight is 373 g/mol. The van der Waals surface area contributed by atoms with E-state index >= 15 is 0 Å². The van der Waals surface area contributed by atoms with Gasteiger partial charge in [0.05, 0.1) is 0 Å². The molecular formula is C22H16FN3O2. The Kier molecular flexibility index (Phi) is 4.93. The molecule has 1 aromatic heterocycles. The Hall–Kier alpha value is -3.80. The average Bonchev–Trinajstić information content (AvgIpc) is 3.24. The lowest BCUT2D eigenvalue weighted by Gasteiger charge is -2.06. The smallest absolute Gasteiger partial charge is 0.251 e. The Morgan fingerprint density at radius 3 is 2.07 bits per heavy atom. The Morgan fingerprint density at radius 2 is 1.43 bits per heavy atom. The Balaban J connectivity index is 1.43. The van der Waals surface area contributed by atoms with Gasteiger partial charge in [-0.2, -0.15) is 0 Å². The first-order valence-corrected chi connectivity index (χ1v) is 8.71. The monoisotopic (exact) mass is 373 g/mol. The molecular weight excluding hydrogens is 357 g/mol. The number of aromatic nitrogens is 2. The van der Waals surface area contributed by atoms with Crippen molar-refractivity contribution in [1.82, 2.24) is 15.5 Å². The van der Waals surface area contributed by atoms with Crippen molar-refractivity contribution in [1.29, 1.82) is 0 Å². The van der Waals surface area contributed by atoms with Crippen LogP contribution in [0.4, 0.5) is 4.39 Å². The van der Waals surface area contributed by atoms with Crippen LogP contribution >= 0.6 is 0 Å². The van der Waals surface area contributed by atoms with E-state index < -0.39 is 0 Å². The van der Waals surface area contributed by atoms with Crippen LogP contribution in [0.3, 0.4) is 0 Å². The van der Waals surface area contributed by atoms with Crippen molar-refractivity contribution in [3.8, 4) is 22.9 Å². The van der Waals surface area contributed by atoms with Crippen molar-refractivity contribution in [2.24, 2.45) is 0 Å². The summed E-state index contributed by atoms with van der Waals surface area (Å²) in [5.41, 5.74) is 2.90. The van der Waals surface area contributed by atoms with E-state index in [4.69, 9.17) is 4.42 Å². The van der Waals surface area contributed by atoms with Crippen LogP contribution in [0.5, 0.6) is 0 Å². The molecule has 6 heteroatoms. The molecule has 0 radical (unpaired) electrons. The van der Waals surface area contributed by atoms with E-state index in [1.807, 2.05) is 30.3 Å². The van der Waals surface area contributed by atoms with Gasteiger partial charge in [-0.05, 0) is 54.1 Å². The first kappa shape index (κ1) is 17.6. The minimum atomic E-state index is -0.304. The fraction of sp³-hybridized carbons (Fsp3) is 0.0455. The summed E-state index contributed by atoms with van der Waals surface area (Å²) in [6, 6.07) is 22.4. The van der Waals surface area contributed by atoms with Crippen molar-refractivity contribution < 1.29 is 13.6 Å². The number of amides is 1.